The zero-order chi connectivity index (χ0) is 17.9. The Balaban J connectivity index is 1.26. The van der Waals surface area contributed by atoms with E-state index in [9.17, 15) is 4.79 Å². The van der Waals surface area contributed by atoms with Gasteiger partial charge in [0.25, 0.3) is 0 Å². The zero-order valence-electron chi connectivity index (χ0n) is 15.0. The van der Waals surface area contributed by atoms with Crippen LogP contribution in [-0.2, 0) is 24.1 Å². The Bertz CT molecular complexity index is 765. The van der Waals surface area contributed by atoms with Crippen molar-refractivity contribution >= 4 is 11.9 Å². The third-order valence-corrected chi connectivity index (χ3v) is 5.63. The molecule has 1 atom stereocenters. The van der Waals surface area contributed by atoms with Gasteiger partial charge in [-0.1, -0.05) is 24.3 Å². The van der Waals surface area contributed by atoms with Gasteiger partial charge in [-0.2, -0.15) is 4.98 Å². The van der Waals surface area contributed by atoms with Gasteiger partial charge in [0, 0.05) is 45.1 Å². The van der Waals surface area contributed by atoms with Crippen molar-refractivity contribution in [3.63, 3.8) is 0 Å². The first-order valence-corrected chi connectivity index (χ1v) is 9.44. The van der Waals surface area contributed by atoms with Crippen LogP contribution in [-0.4, -0.2) is 63.1 Å². The molecule has 1 amide bonds. The molecule has 4 rings (SSSR count). The highest BCUT2D eigenvalue weighted by molar-refractivity contribution is 5.76. The number of aryl methyl sites for hydroxylation is 2. The number of anilines is 1. The normalized spacial score (nSPS) is 20.8. The van der Waals surface area contributed by atoms with E-state index < -0.39 is 0 Å². The largest absolute Gasteiger partial charge is 0.367 e. The lowest BCUT2D eigenvalue weighted by atomic mass is 9.87. The first-order valence-electron chi connectivity index (χ1n) is 9.44. The molecular weight excluding hydrogens is 328 g/mol. The van der Waals surface area contributed by atoms with Crippen LogP contribution in [0.3, 0.4) is 0 Å². The van der Waals surface area contributed by atoms with E-state index in [0.29, 0.717) is 24.7 Å². The Kier molecular flexibility index (Phi) is 4.88. The molecule has 1 aromatic carbocycles. The molecule has 26 heavy (non-hydrogen) atoms. The van der Waals surface area contributed by atoms with E-state index in [2.05, 4.69) is 44.3 Å². The number of nitrogens with zero attached hydrogens (tertiary/aromatic N) is 4. The van der Waals surface area contributed by atoms with Crippen LogP contribution in [0.2, 0.25) is 0 Å². The monoisotopic (exact) mass is 354 g/mol. The molecule has 1 aliphatic carbocycles. The standard InChI is InChI=1S/C19H26N6O/c20-19-21-17(22-23-19)7-8-18(26)25-11-9-24(10-12-25)16-6-5-14-3-1-2-4-15(14)13-16/h1-4,16H,5-13H2,(H3,20,21,22,23). The Labute approximate surface area is 153 Å². The van der Waals surface area contributed by atoms with Gasteiger partial charge < -0.3 is 10.6 Å². The molecule has 0 bridgehead atoms. The van der Waals surface area contributed by atoms with Crippen molar-refractivity contribution in [1.29, 1.82) is 0 Å². The van der Waals surface area contributed by atoms with E-state index in [1.807, 2.05) is 4.90 Å². The summed E-state index contributed by atoms with van der Waals surface area (Å²) in [5.74, 6) is 1.10. The summed E-state index contributed by atoms with van der Waals surface area (Å²) in [7, 11) is 0. The number of benzene rings is 1. The predicted molar refractivity (Wildman–Crippen MR) is 99.5 cm³/mol. The molecule has 2 heterocycles. The average Bonchev–Trinajstić information content (AvgIpc) is 3.11. The van der Waals surface area contributed by atoms with Crippen molar-refractivity contribution in [1.82, 2.24) is 25.0 Å². The maximum atomic E-state index is 12.4. The van der Waals surface area contributed by atoms with Crippen molar-refractivity contribution < 1.29 is 4.79 Å². The van der Waals surface area contributed by atoms with Crippen LogP contribution in [0.5, 0.6) is 0 Å². The summed E-state index contributed by atoms with van der Waals surface area (Å²) in [4.78, 5) is 21.0. The highest BCUT2D eigenvalue weighted by atomic mass is 16.2. The molecule has 1 fully saturated rings. The number of piperazine rings is 1. The molecule has 0 radical (unpaired) electrons. The minimum Gasteiger partial charge on any atom is -0.367 e. The van der Waals surface area contributed by atoms with Gasteiger partial charge in [-0.15, -0.1) is 5.10 Å². The molecule has 1 aliphatic heterocycles. The van der Waals surface area contributed by atoms with Gasteiger partial charge in [-0.25, -0.2) is 0 Å². The molecule has 0 saturated carbocycles. The van der Waals surface area contributed by atoms with Crippen LogP contribution in [0.1, 0.15) is 29.8 Å². The number of nitrogens with two attached hydrogens (primary N) is 1. The number of carbonyl (C=O) groups is 1. The molecule has 2 aliphatic rings. The van der Waals surface area contributed by atoms with E-state index in [-0.39, 0.29) is 11.9 Å². The third kappa shape index (κ3) is 3.72. The highest BCUT2D eigenvalue weighted by Gasteiger charge is 2.28. The summed E-state index contributed by atoms with van der Waals surface area (Å²) >= 11 is 0. The van der Waals surface area contributed by atoms with Crippen molar-refractivity contribution in [3.05, 3.63) is 41.2 Å². The fraction of sp³-hybridized carbons (Fsp3) is 0.526. The lowest BCUT2D eigenvalue weighted by Gasteiger charge is -2.41. The summed E-state index contributed by atoms with van der Waals surface area (Å²) in [5.41, 5.74) is 8.49. The van der Waals surface area contributed by atoms with Gasteiger partial charge in [0.05, 0.1) is 0 Å². The highest BCUT2D eigenvalue weighted by Crippen LogP contribution is 2.25. The topological polar surface area (TPSA) is 91.1 Å². The van der Waals surface area contributed by atoms with Crippen molar-refractivity contribution in [3.8, 4) is 0 Å². The number of nitrogen functional groups attached to an aromatic ring is 1. The first kappa shape index (κ1) is 17.0. The Morgan fingerprint density at radius 1 is 1.19 bits per heavy atom. The number of aromatic amines is 1. The van der Waals surface area contributed by atoms with Crippen LogP contribution in [0.25, 0.3) is 0 Å². The van der Waals surface area contributed by atoms with Crippen LogP contribution in [0, 0.1) is 0 Å². The van der Waals surface area contributed by atoms with Crippen molar-refractivity contribution in [2.75, 3.05) is 31.9 Å². The van der Waals surface area contributed by atoms with Gasteiger partial charge in [0.1, 0.15) is 5.82 Å². The zero-order valence-corrected chi connectivity index (χ0v) is 15.0. The second-order valence-electron chi connectivity index (χ2n) is 7.22. The third-order valence-electron chi connectivity index (χ3n) is 5.63. The molecular formula is C19H26N6O. The van der Waals surface area contributed by atoms with Crippen molar-refractivity contribution in [2.45, 2.75) is 38.1 Å². The van der Waals surface area contributed by atoms with Gasteiger partial charge >= 0.3 is 0 Å². The quantitative estimate of drug-likeness (QED) is 0.855. The lowest BCUT2D eigenvalue weighted by Crippen LogP contribution is -2.53. The molecule has 2 aromatic rings. The van der Waals surface area contributed by atoms with Gasteiger partial charge in [-0.3, -0.25) is 14.8 Å². The molecule has 7 heteroatoms. The van der Waals surface area contributed by atoms with Crippen LogP contribution >= 0.6 is 0 Å². The summed E-state index contributed by atoms with van der Waals surface area (Å²) in [6, 6.07) is 9.40. The fourth-order valence-electron chi connectivity index (χ4n) is 4.13. The average molecular weight is 354 g/mol. The van der Waals surface area contributed by atoms with E-state index in [1.165, 1.54) is 24.0 Å². The summed E-state index contributed by atoms with van der Waals surface area (Å²) < 4.78 is 0. The second kappa shape index (κ2) is 7.45. The predicted octanol–water partition coefficient (Wildman–Crippen LogP) is 1.02. The Morgan fingerprint density at radius 3 is 2.69 bits per heavy atom. The summed E-state index contributed by atoms with van der Waals surface area (Å²) in [5, 5.41) is 6.55. The number of hydrogen-bond donors (Lipinski definition) is 2. The molecule has 3 N–H and O–H groups in total. The number of nitrogens with one attached hydrogen (secondary N) is 1. The van der Waals surface area contributed by atoms with Crippen LogP contribution in [0.15, 0.2) is 24.3 Å². The Morgan fingerprint density at radius 2 is 1.96 bits per heavy atom. The van der Waals surface area contributed by atoms with Gasteiger partial charge in [0.15, 0.2) is 0 Å². The van der Waals surface area contributed by atoms with E-state index in [4.69, 9.17) is 5.73 Å². The van der Waals surface area contributed by atoms with Gasteiger partial charge in [0.2, 0.25) is 11.9 Å². The van der Waals surface area contributed by atoms with Crippen molar-refractivity contribution in [2.24, 2.45) is 0 Å². The maximum Gasteiger partial charge on any atom is 0.239 e. The molecule has 0 spiro atoms. The van der Waals surface area contributed by atoms with Crippen LogP contribution in [0.4, 0.5) is 5.95 Å². The molecule has 1 saturated heterocycles. The fourth-order valence-corrected chi connectivity index (χ4v) is 4.13. The number of rotatable bonds is 4. The molecule has 138 valence electrons. The SMILES string of the molecule is Nc1n[nH]c(CCC(=O)N2CCN(C3CCc4ccccc4C3)CC2)n1. The maximum absolute atomic E-state index is 12.4. The Hall–Kier alpha value is -2.41. The molecule has 1 unspecified atom stereocenters. The summed E-state index contributed by atoms with van der Waals surface area (Å²) in [6.07, 6.45) is 4.53. The minimum atomic E-state index is 0.189. The number of aromatic nitrogens is 3. The lowest BCUT2D eigenvalue weighted by molar-refractivity contribution is -0.133. The minimum absolute atomic E-state index is 0.189. The second-order valence-corrected chi connectivity index (χ2v) is 7.22. The van der Waals surface area contributed by atoms with Gasteiger partial charge in [-0.05, 0) is 30.4 Å². The summed E-state index contributed by atoms with van der Waals surface area (Å²) in [6.45, 7) is 3.56. The van der Waals surface area contributed by atoms with Crippen LogP contribution < -0.4 is 5.73 Å². The molecule has 7 nitrogen and oxygen atoms in total. The molecule has 1 aromatic heterocycles. The number of fused-ring (bicyclic) bond motifs is 1. The number of amides is 1. The first-order chi connectivity index (χ1) is 12.7. The van der Waals surface area contributed by atoms with E-state index >= 15 is 0 Å². The number of hydrogen-bond acceptors (Lipinski definition) is 5. The number of H-pyrrole nitrogens is 1. The smallest absolute Gasteiger partial charge is 0.239 e. The van der Waals surface area contributed by atoms with E-state index in [1.54, 1.807) is 0 Å². The van der Waals surface area contributed by atoms with E-state index in [0.717, 1.165) is 32.6 Å². The number of carbonyl (C=O) groups excluding carboxylic acids is 1.